The summed E-state index contributed by atoms with van der Waals surface area (Å²) in [5.41, 5.74) is 2.52. The highest BCUT2D eigenvalue weighted by Crippen LogP contribution is 2.32. The Hall–Kier alpha value is -2.50. The molecule has 0 saturated carbocycles. The van der Waals surface area contributed by atoms with E-state index in [4.69, 9.17) is 9.47 Å². The fourth-order valence-electron chi connectivity index (χ4n) is 2.38. The van der Waals surface area contributed by atoms with Crippen molar-refractivity contribution in [2.45, 2.75) is 26.2 Å². The quantitative estimate of drug-likeness (QED) is 0.856. The van der Waals surface area contributed by atoms with Gasteiger partial charge in [0.1, 0.15) is 5.69 Å². The molecule has 1 aliphatic rings. The average Bonchev–Trinajstić information content (AvgIpc) is 3.16. The smallest absolute Gasteiger partial charge is 0.271 e. The molecule has 1 amide bonds. The molecule has 3 rings (SSSR count). The number of fused-ring (bicyclic) bond motifs is 1. The highest BCUT2D eigenvalue weighted by Gasteiger charge is 2.13. The van der Waals surface area contributed by atoms with Crippen molar-refractivity contribution in [1.82, 2.24) is 15.5 Å². The zero-order chi connectivity index (χ0) is 15.4. The summed E-state index contributed by atoms with van der Waals surface area (Å²) in [6, 6.07) is 7.62. The molecule has 2 aromatic rings. The van der Waals surface area contributed by atoms with Gasteiger partial charge in [-0.25, -0.2) is 0 Å². The van der Waals surface area contributed by atoms with Crippen molar-refractivity contribution < 1.29 is 14.3 Å². The standard InChI is InChI=1S/C16H19N3O3/c1-2-3-12-9-13(19-18-12)16(20)17-7-6-11-4-5-14-15(8-11)22-10-21-14/h4-5,8-9H,2-3,6-7,10H2,1H3,(H,17,20)(H,18,19). The van der Waals surface area contributed by atoms with Gasteiger partial charge in [-0.05, 0) is 36.6 Å². The molecule has 0 unspecified atom stereocenters. The molecule has 22 heavy (non-hydrogen) atoms. The van der Waals surface area contributed by atoms with Gasteiger partial charge in [0.25, 0.3) is 5.91 Å². The molecule has 0 saturated heterocycles. The second-order valence-corrected chi connectivity index (χ2v) is 5.22. The lowest BCUT2D eigenvalue weighted by Gasteiger charge is -2.04. The Balaban J connectivity index is 1.50. The SMILES string of the molecule is CCCc1cc(C(=O)NCCc2ccc3c(c2)OCO3)n[nH]1. The normalized spacial score (nSPS) is 12.4. The largest absolute Gasteiger partial charge is 0.454 e. The second-order valence-electron chi connectivity index (χ2n) is 5.22. The molecule has 0 spiro atoms. The summed E-state index contributed by atoms with van der Waals surface area (Å²) in [4.78, 5) is 12.0. The molecule has 1 aromatic heterocycles. The van der Waals surface area contributed by atoms with E-state index in [9.17, 15) is 4.79 Å². The third-order valence-corrected chi connectivity index (χ3v) is 3.52. The molecular weight excluding hydrogens is 282 g/mol. The maximum absolute atomic E-state index is 12.0. The van der Waals surface area contributed by atoms with Crippen LogP contribution in [0.25, 0.3) is 0 Å². The van der Waals surface area contributed by atoms with E-state index in [0.29, 0.717) is 12.2 Å². The summed E-state index contributed by atoms with van der Waals surface area (Å²) in [6.07, 6.45) is 2.65. The van der Waals surface area contributed by atoms with E-state index < -0.39 is 0 Å². The third-order valence-electron chi connectivity index (χ3n) is 3.52. The van der Waals surface area contributed by atoms with Gasteiger partial charge in [0.05, 0.1) is 0 Å². The predicted molar refractivity (Wildman–Crippen MR) is 81.2 cm³/mol. The molecule has 1 aromatic carbocycles. The fraction of sp³-hybridized carbons (Fsp3) is 0.375. The van der Waals surface area contributed by atoms with E-state index in [0.717, 1.165) is 42.0 Å². The Morgan fingerprint density at radius 2 is 2.14 bits per heavy atom. The molecule has 0 radical (unpaired) electrons. The number of aryl methyl sites for hydroxylation is 1. The monoisotopic (exact) mass is 301 g/mol. The fourth-order valence-corrected chi connectivity index (χ4v) is 2.38. The molecule has 0 bridgehead atoms. The van der Waals surface area contributed by atoms with Gasteiger partial charge >= 0.3 is 0 Å². The van der Waals surface area contributed by atoms with Gasteiger partial charge in [0.15, 0.2) is 11.5 Å². The third kappa shape index (κ3) is 3.21. The first-order chi connectivity index (χ1) is 10.8. The van der Waals surface area contributed by atoms with Crippen LogP contribution < -0.4 is 14.8 Å². The number of rotatable bonds is 6. The average molecular weight is 301 g/mol. The van der Waals surface area contributed by atoms with Crippen LogP contribution >= 0.6 is 0 Å². The maximum Gasteiger partial charge on any atom is 0.271 e. The van der Waals surface area contributed by atoms with Crippen LogP contribution in [0, 0.1) is 0 Å². The molecule has 2 heterocycles. The minimum atomic E-state index is -0.153. The van der Waals surface area contributed by atoms with Gasteiger partial charge < -0.3 is 14.8 Å². The lowest BCUT2D eigenvalue weighted by Crippen LogP contribution is -2.26. The van der Waals surface area contributed by atoms with Gasteiger partial charge in [-0.3, -0.25) is 9.89 Å². The number of nitrogens with one attached hydrogen (secondary N) is 2. The minimum Gasteiger partial charge on any atom is -0.454 e. The van der Waals surface area contributed by atoms with Crippen molar-refractivity contribution in [3.8, 4) is 11.5 Å². The maximum atomic E-state index is 12.0. The molecule has 1 aliphatic heterocycles. The summed E-state index contributed by atoms with van der Waals surface area (Å²) in [5.74, 6) is 1.38. The molecule has 116 valence electrons. The van der Waals surface area contributed by atoms with Gasteiger partial charge in [-0.2, -0.15) is 5.10 Å². The van der Waals surface area contributed by atoms with Crippen molar-refractivity contribution in [2.75, 3.05) is 13.3 Å². The Kier molecular flexibility index (Phi) is 4.27. The number of ether oxygens (including phenoxy) is 2. The second kappa shape index (κ2) is 6.51. The first-order valence-electron chi connectivity index (χ1n) is 7.47. The van der Waals surface area contributed by atoms with Gasteiger partial charge in [-0.15, -0.1) is 0 Å². The number of carbonyl (C=O) groups excluding carboxylic acids is 1. The summed E-state index contributed by atoms with van der Waals surface area (Å²) < 4.78 is 10.6. The molecular formula is C16H19N3O3. The first-order valence-corrected chi connectivity index (χ1v) is 7.47. The first kappa shape index (κ1) is 14.4. The minimum absolute atomic E-state index is 0.153. The summed E-state index contributed by atoms with van der Waals surface area (Å²) >= 11 is 0. The van der Waals surface area contributed by atoms with Crippen molar-refractivity contribution in [3.05, 3.63) is 41.2 Å². The predicted octanol–water partition coefficient (Wildman–Crippen LogP) is 2.06. The zero-order valence-electron chi connectivity index (χ0n) is 12.5. The van der Waals surface area contributed by atoms with Crippen molar-refractivity contribution >= 4 is 5.91 Å². The number of aromatic nitrogens is 2. The molecule has 6 heteroatoms. The van der Waals surface area contributed by atoms with E-state index in [1.54, 1.807) is 6.07 Å². The van der Waals surface area contributed by atoms with Gasteiger partial charge in [-0.1, -0.05) is 19.4 Å². The van der Waals surface area contributed by atoms with E-state index in [-0.39, 0.29) is 12.7 Å². The lowest BCUT2D eigenvalue weighted by molar-refractivity contribution is 0.0949. The number of nitrogens with zero attached hydrogens (tertiary/aromatic N) is 1. The highest BCUT2D eigenvalue weighted by atomic mass is 16.7. The highest BCUT2D eigenvalue weighted by molar-refractivity contribution is 5.92. The molecule has 0 atom stereocenters. The van der Waals surface area contributed by atoms with Crippen LogP contribution in [0.15, 0.2) is 24.3 Å². The van der Waals surface area contributed by atoms with Crippen LogP contribution in [-0.4, -0.2) is 29.4 Å². The number of hydrogen-bond acceptors (Lipinski definition) is 4. The van der Waals surface area contributed by atoms with Crippen LogP contribution in [-0.2, 0) is 12.8 Å². The van der Waals surface area contributed by atoms with Crippen LogP contribution in [0.3, 0.4) is 0 Å². The lowest BCUT2D eigenvalue weighted by atomic mass is 10.1. The summed E-state index contributed by atoms with van der Waals surface area (Å²) in [6.45, 7) is 2.91. The van der Waals surface area contributed by atoms with Crippen LogP contribution in [0.1, 0.15) is 35.1 Å². The van der Waals surface area contributed by atoms with Gasteiger partial charge in [0.2, 0.25) is 6.79 Å². The van der Waals surface area contributed by atoms with Crippen molar-refractivity contribution in [3.63, 3.8) is 0 Å². The topological polar surface area (TPSA) is 76.2 Å². The molecule has 0 aliphatic carbocycles. The van der Waals surface area contributed by atoms with E-state index in [2.05, 4.69) is 22.4 Å². The molecule has 2 N–H and O–H groups in total. The number of amides is 1. The number of hydrogen-bond donors (Lipinski definition) is 2. The number of H-pyrrole nitrogens is 1. The van der Waals surface area contributed by atoms with E-state index >= 15 is 0 Å². The number of benzene rings is 1. The Morgan fingerprint density at radius 1 is 1.27 bits per heavy atom. The van der Waals surface area contributed by atoms with Crippen LogP contribution in [0.4, 0.5) is 0 Å². The van der Waals surface area contributed by atoms with Gasteiger partial charge in [0, 0.05) is 12.2 Å². The summed E-state index contributed by atoms with van der Waals surface area (Å²) in [7, 11) is 0. The van der Waals surface area contributed by atoms with Crippen molar-refractivity contribution in [1.29, 1.82) is 0 Å². The van der Waals surface area contributed by atoms with Crippen molar-refractivity contribution in [2.24, 2.45) is 0 Å². The van der Waals surface area contributed by atoms with E-state index in [1.165, 1.54) is 0 Å². The van der Waals surface area contributed by atoms with E-state index in [1.807, 2.05) is 18.2 Å². The Bertz CT molecular complexity index is 666. The Morgan fingerprint density at radius 3 is 3.00 bits per heavy atom. The number of carbonyl (C=O) groups is 1. The number of aromatic amines is 1. The van der Waals surface area contributed by atoms with Crippen LogP contribution in [0.5, 0.6) is 11.5 Å². The molecule has 0 fully saturated rings. The molecule has 6 nitrogen and oxygen atoms in total. The Labute approximate surface area is 128 Å². The zero-order valence-corrected chi connectivity index (χ0v) is 12.5. The van der Waals surface area contributed by atoms with Crippen LogP contribution in [0.2, 0.25) is 0 Å². The summed E-state index contributed by atoms with van der Waals surface area (Å²) in [5, 5.41) is 9.79.